The Labute approximate surface area is 128 Å². The molecule has 0 unspecified atom stereocenters. The van der Waals surface area contributed by atoms with E-state index in [9.17, 15) is 14.9 Å². The number of carbonyl (C=O) groups is 1. The van der Waals surface area contributed by atoms with E-state index in [-0.39, 0.29) is 22.2 Å². The molecular weight excluding hydrogens is 323 g/mol. The Kier molecular flexibility index (Phi) is 4.59. The number of nitro benzene ring substituents is 1. The van der Waals surface area contributed by atoms with Crippen LogP contribution in [0.25, 0.3) is 0 Å². The van der Waals surface area contributed by atoms with Crippen LogP contribution in [0.5, 0.6) is 0 Å². The molecule has 0 aliphatic carbocycles. The lowest BCUT2D eigenvalue weighted by Crippen LogP contribution is -2.22. The van der Waals surface area contributed by atoms with E-state index in [2.05, 4.69) is 5.32 Å². The molecule has 0 atom stereocenters. The van der Waals surface area contributed by atoms with Gasteiger partial charge in [-0.15, -0.1) is 11.3 Å². The number of nitrogens with one attached hydrogen (secondary N) is 1. The van der Waals surface area contributed by atoms with Crippen molar-refractivity contribution in [3.63, 3.8) is 0 Å². The summed E-state index contributed by atoms with van der Waals surface area (Å²) >= 11 is 12.9. The number of hydrogen-bond donors (Lipinski definition) is 1. The summed E-state index contributed by atoms with van der Waals surface area (Å²) in [4.78, 5) is 22.8. The Bertz CT molecular complexity index is 672. The second kappa shape index (κ2) is 6.21. The summed E-state index contributed by atoms with van der Waals surface area (Å²) < 4.78 is 0.646. The summed E-state index contributed by atoms with van der Waals surface area (Å²) in [5.41, 5.74) is 0.0384. The normalized spacial score (nSPS) is 10.3. The van der Waals surface area contributed by atoms with Gasteiger partial charge < -0.3 is 5.32 Å². The van der Waals surface area contributed by atoms with Crippen LogP contribution < -0.4 is 5.32 Å². The summed E-state index contributed by atoms with van der Waals surface area (Å²) in [6, 6.07) is 7.41. The van der Waals surface area contributed by atoms with Gasteiger partial charge in [0.15, 0.2) is 0 Å². The van der Waals surface area contributed by atoms with Gasteiger partial charge in [0.25, 0.3) is 11.6 Å². The van der Waals surface area contributed by atoms with E-state index in [4.69, 9.17) is 23.2 Å². The van der Waals surface area contributed by atoms with E-state index in [1.54, 1.807) is 6.07 Å². The summed E-state index contributed by atoms with van der Waals surface area (Å²) in [7, 11) is 0. The predicted octanol–water partition coefficient (Wildman–Crippen LogP) is 3.89. The van der Waals surface area contributed by atoms with Gasteiger partial charge >= 0.3 is 0 Å². The summed E-state index contributed by atoms with van der Waals surface area (Å²) in [6.45, 7) is 0.338. The first-order valence-corrected chi connectivity index (χ1v) is 7.01. The second-order valence-corrected chi connectivity index (χ2v) is 6.02. The quantitative estimate of drug-likeness (QED) is 0.682. The lowest BCUT2D eigenvalue weighted by molar-refractivity contribution is -0.384. The van der Waals surface area contributed by atoms with Gasteiger partial charge in [-0.3, -0.25) is 14.9 Å². The van der Waals surface area contributed by atoms with Crippen molar-refractivity contribution in [1.29, 1.82) is 0 Å². The molecule has 1 heterocycles. The molecule has 2 aromatic rings. The molecule has 104 valence electrons. The van der Waals surface area contributed by atoms with Crippen molar-refractivity contribution in [3.8, 4) is 0 Å². The zero-order valence-electron chi connectivity index (χ0n) is 9.93. The fraction of sp³-hybridized carbons (Fsp3) is 0.0833. The molecule has 8 heteroatoms. The fourth-order valence-corrected chi connectivity index (χ4v) is 2.79. The first-order valence-electron chi connectivity index (χ1n) is 5.43. The van der Waals surface area contributed by atoms with Crippen LogP contribution in [0.4, 0.5) is 5.69 Å². The smallest absolute Gasteiger partial charge is 0.287 e. The monoisotopic (exact) mass is 330 g/mol. The van der Waals surface area contributed by atoms with Crippen molar-refractivity contribution in [3.05, 3.63) is 60.2 Å². The van der Waals surface area contributed by atoms with Gasteiger partial charge in [-0.05, 0) is 24.3 Å². The Morgan fingerprint density at radius 3 is 2.60 bits per heavy atom. The molecule has 0 spiro atoms. The zero-order chi connectivity index (χ0) is 14.7. The van der Waals surface area contributed by atoms with Crippen molar-refractivity contribution < 1.29 is 9.72 Å². The minimum absolute atomic E-state index is 0.0678. The average molecular weight is 331 g/mol. The minimum atomic E-state index is -0.600. The van der Waals surface area contributed by atoms with Crippen molar-refractivity contribution in [2.45, 2.75) is 6.54 Å². The van der Waals surface area contributed by atoms with Gasteiger partial charge in [-0.1, -0.05) is 23.2 Å². The van der Waals surface area contributed by atoms with Crippen LogP contribution in [-0.2, 0) is 6.54 Å². The molecule has 1 aromatic carbocycles. The maximum absolute atomic E-state index is 11.9. The Hall–Kier alpha value is -1.63. The second-order valence-electron chi connectivity index (χ2n) is 3.81. The van der Waals surface area contributed by atoms with Crippen LogP contribution in [-0.4, -0.2) is 10.8 Å². The van der Waals surface area contributed by atoms with Crippen LogP contribution >= 0.6 is 34.5 Å². The van der Waals surface area contributed by atoms with Crippen LogP contribution in [0.3, 0.4) is 0 Å². The molecule has 0 aliphatic rings. The van der Waals surface area contributed by atoms with Crippen molar-refractivity contribution in [2.24, 2.45) is 0 Å². The van der Waals surface area contributed by atoms with Crippen molar-refractivity contribution in [1.82, 2.24) is 5.32 Å². The fourth-order valence-electron chi connectivity index (χ4n) is 1.51. The highest BCUT2D eigenvalue weighted by atomic mass is 35.5. The Morgan fingerprint density at radius 2 is 2.05 bits per heavy atom. The first kappa shape index (κ1) is 14.8. The zero-order valence-corrected chi connectivity index (χ0v) is 12.3. The number of rotatable bonds is 4. The molecule has 0 saturated heterocycles. The lowest BCUT2D eigenvalue weighted by Gasteiger charge is -2.04. The van der Waals surface area contributed by atoms with E-state index >= 15 is 0 Å². The molecule has 5 nitrogen and oxygen atoms in total. The maximum atomic E-state index is 11.9. The molecule has 1 N–H and O–H groups in total. The summed E-state index contributed by atoms with van der Waals surface area (Å²) in [5.74, 6) is -0.355. The molecule has 0 aliphatic heterocycles. The van der Waals surface area contributed by atoms with Gasteiger partial charge in [0.05, 0.1) is 15.8 Å². The third kappa shape index (κ3) is 3.47. The number of nitrogens with zero attached hydrogens (tertiary/aromatic N) is 1. The van der Waals surface area contributed by atoms with Crippen molar-refractivity contribution in [2.75, 3.05) is 0 Å². The van der Waals surface area contributed by atoms with Gasteiger partial charge in [-0.25, -0.2) is 0 Å². The van der Waals surface area contributed by atoms with E-state index in [0.717, 1.165) is 4.88 Å². The number of benzene rings is 1. The SMILES string of the molecule is O=C(NCc1ccc(Cl)s1)c1ccc([N+](=O)[O-])c(Cl)c1. The molecule has 0 saturated carbocycles. The Balaban J connectivity index is 2.06. The van der Waals surface area contributed by atoms with Gasteiger partial charge in [0, 0.05) is 16.5 Å². The standard InChI is InChI=1S/C12H8Cl2N2O3S/c13-9-5-7(1-3-10(9)16(18)19)12(17)15-6-8-2-4-11(14)20-8/h1-5H,6H2,(H,15,17). The summed E-state index contributed by atoms with van der Waals surface area (Å²) in [5, 5.41) is 13.2. The molecule has 20 heavy (non-hydrogen) atoms. The number of carbonyl (C=O) groups excluding carboxylic acids is 1. The molecule has 0 radical (unpaired) electrons. The number of nitro groups is 1. The van der Waals surface area contributed by atoms with Crippen LogP contribution in [0.15, 0.2) is 30.3 Å². The van der Waals surface area contributed by atoms with Gasteiger partial charge in [0.2, 0.25) is 0 Å². The lowest BCUT2D eigenvalue weighted by atomic mass is 10.2. The molecule has 1 amide bonds. The molecule has 0 bridgehead atoms. The highest BCUT2D eigenvalue weighted by Crippen LogP contribution is 2.25. The molecule has 2 rings (SSSR count). The minimum Gasteiger partial charge on any atom is -0.347 e. The van der Waals surface area contributed by atoms with E-state index in [1.165, 1.54) is 29.5 Å². The number of halogens is 2. The average Bonchev–Trinajstić information content (AvgIpc) is 2.81. The predicted molar refractivity (Wildman–Crippen MR) is 78.6 cm³/mol. The highest BCUT2D eigenvalue weighted by molar-refractivity contribution is 7.16. The Morgan fingerprint density at radius 1 is 1.30 bits per heavy atom. The topological polar surface area (TPSA) is 72.2 Å². The van der Waals surface area contributed by atoms with Crippen LogP contribution in [0, 0.1) is 10.1 Å². The molecular formula is C12H8Cl2N2O3S. The largest absolute Gasteiger partial charge is 0.347 e. The van der Waals surface area contributed by atoms with Crippen LogP contribution in [0.2, 0.25) is 9.36 Å². The van der Waals surface area contributed by atoms with Gasteiger partial charge in [-0.2, -0.15) is 0 Å². The first-order chi connectivity index (χ1) is 9.47. The van der Waals surface area contributed by atoms with Gasteiger partial charge in [0.1, 0.15) is 5.02 Å². The molecule has 0 fully saturated rings. The molecule has 1 aromatic heterocycles. The van der Waals surface area contributed by atoms with Crippen LogP contribution in [0.1, 0.15) is 15.2 Å². The van der Waals surface area contributed by atoms with E-state index in [0.29, 0.717) is 10.9 Å². The van der Waals surface area contributed by atoms with Crippen molar-refractivity contribution >= 4 is 46.1 Å². The third-order valence-electron chi connectivity index (χ3n) is 2.46. The maximum Gasteiger partial charge on any atom is 0.287 e. The number of amides is 1. The third-order valence-corrected chi connectivity index (χ3v) is 3.99. The summed E-state index contributed by atoms with van der Waals surface area (Å²) in [6.07, 6.45) is 0. The highest BCUT2D eigenvalue weighted by Gasteiger charge is 2.15. The number of thiophene rings is 1. The van der Waals surface area contributed by atoms with E-state index in [1.807, 2.05) is 6.07 Å². The van der Waals surface area contributed by atoms with E-state index < -0.39 is 4.92 Å². The number of hydrogen-bond acceptors (Lipinski definition) is 4.